The van der Waals surface area contributed by atoms with E-state index in [0.29, 0.717) is 5.92 Å². The molecule has 2 nitrogen and oxygen atoms in total. The molecule has 0 saturated heterocycles. The van der Waals surface area contributed by atoms with Gasteiger partial charge in [-0.25, -0.2) is 0 Å². The topological polar surface area (TPSA) is 23.5 Å². The zero-order chi connectivity index (χ0) is 11.0. The van der Waals surface area contributed by atoms with E-state index in [1.165, 1.54) is 6.42 Å². The van der Waals surface area contributed by atoms with E-state index in [9.17, 15) is 0 Å². The van der Waals surface area contributed by atoms with Crippen molar-refractivity contribution in [2.75, 3.05) is 26.0 Å². The minimum absolute atomic E-state index is 0.183. The van der Waals surface area contributed by atoms with Crippen LogP contribution in [0.5, 0.6) is 0 Å². The Hall–Kier alpha value is 0.210. The first-order valence-electron chi connectivity index (χ1n) is 5.48. The zero-order valence-electron chi connectivity index (χ0n) is 9.67. The number of aliphatic hydroxyl groups is 1. The molecule has 1 N–H and O–H groups in total. The molecule has 2 unspecified atom stereocenters. The Kier molecular flexibility index (Phi) is 8.64. The number of halogens is 1. The Labute approximate surface area is 93.2 Å². The van der Waals surface area contributed by atoms with Gasteiger partial charge in [0.05, 0.1) is 6.10 Å². The highest BCUT2D eigenvalue weighted by Crippen LogP contribution is 2.09. The molecule has 0 fully saturated rings. The number of aliphatic hydroxyl groups excluding tert-OH is 1. The Bertz CT molecular complexity index is 130. The normalized spacial score (nSPS) is 15.9. The Morgan fingerprint density at radius 3 is 2.21 bits per heavy atom. The van der Waals surface area contributed by atoms with Crippen LogP contribution in [0, 0.1) is 5.92 Å². The highest BCUT2D eigenvalue weighted by atomic mass is 35.5. The fourth-order valence-corrected chi connectivity index (χ4v) is 1.66. The maximum Gasteiger partial charge on any atom is 0.0524 e. The van der Waals surface area contributed by atoms with Gasteiger partial charge in [-0.1, -0.05) is 6.92 Å². The molecule has 0 rings (SSSR count). The number of hydrogen-bond donors (Lipinski definition) is 1. The van der Waals surface area contributed by atoms with Gasteiger partial charge in [-0.3, -0.25) is 0 Å². The summed E-state index contributed by atoms with van der Waals surface area (Å²) in [5.74, 6) is 1.47. The smallest absolute Gasteiger partial charge is 0.0524 e. The predicted molar refractivity (Wildman–Crippen MR) is 62.9 cm³/mol. The first kappa shape index (κ1) is 14.2. The summed E-state index contributed by atoms with van der Waals surface area (Å²) < 4.78 is 0. The molecule has 0 aliphatic rings. The van der Waals surface area contributed by atoms with Crippen molar-refractivity contribution in [1.29, 1.82) is 0 Å². The van der Waals surface area contributed by atoms with Gasteiger partial charge in [0.1, 0.15) is 0 Å². The van der Waals surface area contributed by atoms with E-state index in [0.717, 1.165) is 31.8 Å². The molecular weight excluding hydrogens is 198 g/mol. The van der Waals surface area contributed by atoms with Crippen molar-refractivity contribution < 1.29 is 5.11 Å². The van der Waals surface area contributed by atoms with Gasteiger partial charge in [0.2, 0.25) is 0 Å². The molecule has 3 heteroatoms. The summed E-state index contributed by atoms with van der Waals surface area (Å²) in [4.78, 5) is 2.28. The second kappa shape index (κ2) is 8.51. The van der Waals surface area contributed by atoms with Gasteiger partial charge in [0.15, 0.2) is 0 Å². The van der Waals surface area contributed by atoms with E-state index in [1.807, 2.05) is 6.92 Å². The van der Waals surface area contributed by atoms with E-state index < -0.39 is 0 Å². The van der Waals surface area contributed by atoms with Crippen LogP contribution in [-0.4, -0.2) is 42.1 Å². The molecule has 0 bridgehead atoms. The van der Waals surface area contributed by atoms with E-state index in [2.05, 4.69) is 18.9 Å². The lowest BCUT2D eigenvalue weighted by atomic mass is 10.1. The van der Waals surface area contributed by atoms with Crippen LogP contribution in [-0.2, 0) is 0 Å². The average molecular weight is 222 g/mol. The van der Waals surface area contributed by atoms with Crippen molar-refractivity contribution in [1.82, 2.24) is 4.90 Å². The molecule has 0 aromatic heterocycles. The van der Waals surface area contributed by atoms with E-state index in [4.69, 9.17) is 16.7 Å². The summed E-state index contributed by atoms with van der Waals surface area (Å²) >= 11 is 5.67. The third kappa shape index (κ3) is 8.79. The van der Waals surface area contributed by atoms with Gasteiger partial charge in [0.25, 0.3) is 0 Å². The van der Waals surface area contributed by atoms with E-state index >= 15 is 0 Å². The van der Waals surface area contributed by atoms with Crippen LogP contribution in [0.4, 0.5) is 0 Å². The van der Waals surface area contributed by atoms with Crippen LogP contribution >= 0.6 is 11.6 Å². The summed E-state index contributed by atoms with van der Waals surface area (Å²) in [5, 5.41) is 9.12. The van der Waals surface area contributed by atoms with Crippen molar-refractivity contribution in [3.05, 3.63) is 0 Å². The molecule has 14 heavy (non-hydrogen) atoms. The van der Waals surface area contributed by atoms with Gasteiger partial charge in [0, 0.05) is 12.4 Å². The van der Waals surface area contributed by atoms with Crippen molar-refractivity contribution in [3.8, 4) is 0 Å². The minimum Gasteiger partial charge on any atom is -0.393 e. The SMILES string of the molecule is CC(O)CCN(C)CCC(C)CCCl. The number of hydrogen-bond acceptors (Lipinski definition) is 2. The highest BCUT2D eigenvalue weighted by Gasteiger charge is 2.05. The fraction of sp³-hybridized carbons (Fsp3) is 1.00. The molecule has 0 aromatic rings. The summed E-state index contributed by atoms with van der Waals surface area (Å²) in [6, 6.07) is 0. The van der Waals surface area contributed by atoms with Crippen LogP contribution in [0.15, 0.2) is 0 Å². The van der Waals surface area contributed by atoms with Crippen molar-refractivity contribution in [2.24, 2.45) is 5.92 Å². The van der Waals surface area contributed by atoms with Gasteiger partial charge >= 0.3 is 0 Å². The molecular formula is C11H24ClNO. The molecule has 0 radical (unpaired) electrons. The lowest BCUT2D eigenvalue weighted by Crippen LogP contribution is -2.24. The maximum atomic E-state index is 9.12. The third-order valence-electron chi connectivity index (χ3n) is 2.53. The van der Waals surface area contributed by atoms with Gasteiger partial charge in [-0.15, -0.1) is 11.6 Å². The second-order valence-electron chi connectivity index (χ2n) is 4.31. The quantitative estimate of drug-likeness (QED) is 0.637. The lowest BCUT2D eigenvalue weighted by molar-refractivity contribution is 0.162. The fourth-order valence-electron chi connectivity index (χ4n) is 1.29. The first-order valence-corrected chi connectivity index (χ1v) is 6.02. The zero-order valence-corrected chi connectivity index (χ0v) is 10.4. The molecule has 0 spiro atoms. The molecule has 0 saturated carbocycles. The van der Waals surface area contributed by atoms with Crippen molar-refractivity contribution in [3.63, 3.8) is 0 Å². The molecule has 0 aliphatic heterocycles. The van der Waals surface area contributed by atoms with Crippen molar-refractivity contribution in [2.45, 2.75) is 39.2 Å². The van der Waals surface area contributed by atoms with Gasteiger partial charge in [-0.2, -0.15) is 0 Å². The summed E-state index contributed by atoms with van der Waals surface area (Å²) in [6.07, 6.45) is 2.98. The largest absolute Gasteiger partial charge is 0.393 e. The average Bonchev–Trinajstić information content (AvgIpc) is 2.12. The van der Waals surface area contributed by atoms with Crippen LogP contribution in [0.1, 0.15) is 33.1 Å². The third-order valence-corrected chi connectivity index (χ3v) is 2.75. The number of rotatable bonds is 8. The van der Waals surface area contributed by atoms with Gasteiger partial charge in [-0.05, 0) is 45.7 Å². The molecule has 86 valence electrons. The maximum absolute atomic E-state index is 9.12. The number of nitrogens with zero attached hydrogens (tertiary/aromatic N) is 1. The minimum atomic E-state index is -0.183. The highest BCUT2D eigenvalue weighted by molar-refractivity contribution is 6.17. The van der Waals surface area contributed by atoms with E-state index in [-0.39, 0.29) is 6.10 Å². The Morgan fingerprint density at radius 1 is 1.14 bits per heavy atom. The number of alkyl halides is 1. The summed E-state index contributed by atoms with van der Waals surface area (Å²) in [7, 11) is 2.11. The van der Waals surface area contributed by atoms with Crippen molar-refractivity contribution >= 4 is 11.6 Å². The summed E-state index contributed by atoms with van der Waals surface area (Å²) in [6.45, 7) is 6.16. The molecule has 0 amide bonds. The molecule has 0 aliphatic carbocycles. The standard InChI is InChI=1S/C11H24ClNO/c1-10(4-7-12)5-8-13(3)9-6-11(2)14/h10-11,14H,4-9H2,1-3H3. The predicted octanol–water partition coefficient (Wildman–Crippen LogP) is 2.34. The van der Waals surface area contributed by atoms with Gasteiger partial charge < -0.3 is 10.0 Å². The van der Waals surface area contributed by atoms with Crippen LogP contribution in [0.3, 0.4) is 0 Å². The monoisotopic (exact) mass is 221 g/mol. The van der Waals surface area contributed by atoms with Crippen LogP contribution in [0.2, 0.25) is 0 Å². The second-order valence-corrected chi connectivity index (χ2v) is 4.69. The van der Waals surface area contributed by atoms with E-state index in [1.54, 1.807) is 0 Å². The molecule has 2 atom stereocenters. The first-order chi connectivity index (χ1) is 6.56. The lowest BCUT2D eigenvalue weighted by Gasteiger charge is -2.19. The Balaban J connectivity index is 3.38. The van der Waals surface area contributed by atoms with Crippen LogP contribution in [0.25, 0.3) is 0 Å². The summed E-state index contributed by atoms with van der Waals surface area (Å²) in [5.41, 5.74) is 0. The molecule has 0 aromatic carbocycles. The Morgan fingerprint density at radius 2 is 1.71 bits per heavy atom. The van der Waals surface area contributed by atoms with Crippen LogP contribution < -0.4 is 0 Å². The molecule has 0 heterocycles.